The molecular weight excluding hydrogens is 345 g/mol. The van der Waals surface area contributed by atoms with Gasteiger partial charge in [0.1, 0.15) is 5.82 Å². The van der Waals surface area contributed by atoms with Crippen LogP contribution in [-0.2, 0) is 16.4 Å². The fraction of sp³-hybridized carbons (Fsp3) is 0.588. The third-order valence-electron chi connectivity index (χ3n) is 4.20. The molecule has 1 aromatic carbocycles. The molecule has 0 aromatic heterocycles. The monoisotopic (exact) mass is 371 g/mol. The normalized spacial score (nSPS) is 16.0. The van der Waals surface area contributed by atoms with Crippen LogP contribution in [0, 0.1) is 5.82 Å². The van der Waals surface area contributed by atoms with Gasteiger partial charge in [-0.1, -0.05) is 19.1 Å². The van der Waals surface area contributed by atoms with Gasteiger partial charge in [-0.3, -0.25) is 0 Å². The van der Waals surface area contributed by atoms with E-state index < -0.39 is 10.0 Å². The molecule has 25 heavy (non-hydrogen) atoms. The summed E-state index contributed by atoms with van der Waals surface area (Å²) in [6.07, 6.45) is 2.46. The smallest absolute Gasteiger partial charge is 0.317 e. The molecule has 6 nitrogen and oxygen atoms in total. The van der Waals surface area contributed by atoms with Crippen molar-refractivity contribution in [2.24, 2.45) is 0 Å². The highest BCUT2D eigenvalue weighted by Crippen LogP contribution is 2.12. The Hall–Kier alpha value is -1.67. The van der Waals surface area contributed by atoms with Crippen molar-refractivity contribution in [2.75, 3.05) is 25.4 Å². The lowest BCUT2D eigenvalue weighted by atomic mass is 10.1. The molecule has 1 heterocycles. The summed E-state index contributed by atoms with van der Waals surface area (Å²) in [5, 5.41) is 2.85. The third-order valence-corrected chi connectivity index (χ3v) is 5.84. The molecule has 1 aromatic rings. The van der Waals surface area contributed by atoms with Gasteiger partial charge < -0.3 is 10.2 Å². The Morgan fingerprint density at radius 1 is 1.24 bits per heavy atom. The molecule has 1 aliphatic heterocycles. The van der Waals surface area contributed by atoms with Gasteiger partial charge in [0.15, 0.2) is 0 Å². The van der Waals surface area contributed by atoms with Gasteiger partial charge in [-0.2, -0.15) is 0 Å². The number of urea groups is 1. The van der Waals surface area contributed by atoms with Gasteiger partial charge >= 0.3 is 6.03 Å². The maximum atomic E-state index is 12.8. The predicted octanol–water partition coefficient (Wildman–Crippen LogP) is 1.87. The lowest BCUT2D eigenvalue weighted by Crippen LogP contribution is -2.49. The first-order chi connectivity index (χ1) is 11.9. The van der Waals surface area contributed by atoms with Crippen molar-refractivity contribution in [3.8, 4) is 0 Å². The molecule has 0 aliphatic carbocycles. The van der Waals surface area contributed by atoms with Gasteiger partial charge in [0.2, 0.25) is 10.0 Å². The molecule has 0 spiro atoms. The van der Waals surface area contributed by atoms with Crippen LogP contribution in [0.1, 0.15) is 31.7 Å². The van der Waals surface area contributed by atoms with Crippen LogP contribution in [0.3, 0.4) is 0 Å². The lowest BCUT2D eigenvalue weighted by molar-refractivity contribution is 0.180. The van der Waals surface area contributed by atoms with E-state index in [9.17, 15) is 17.6 Å². The second-order valence-electron chi connectivity index (χ2n) is 6.31. The standard InChI is InChI=1S/C17H26FN3O3S/c1-2-13-25(23,24)20-16-8-11-21(12-9-16)17(22)19-10-7-14-3-5-15(18)6-4-14/h3-6,16,20H,2,7-13H2,1H3,(H,19,22). The van der Waals surface area contributed by atoms with E-state index in [1.807, 2.05) is 6.92 Å². The topological polar surface area (TPSA) is 78.5 Å². The van der Waals surface area contributed by atoms with E-state index in [0.29, 0.717) is 45.3 Å². The molecule has 0 bridgehead atoms. The largest absolute Gasteiger partial charge is 0.338 e. The molecule has 0 radical (unpaired) electrons. The van der Waals surface area contributed by atoms with Crippen LogP contribution in [0.15, 0.2) is 24.3 Å². The Morgan fingerprint density at radius 2 is 1.88 bits per heavy atom. The Morgan fingerprint density at radius 3 is 2.48 bits per heavy atom. The average Bonchev–Trinajstić information content (AvgIpc) is 2.57. The summed E-state index contributed by atoms with van der Waals surface area (Å²) in [5.41, 5.74) is 0.964. The molecule has 0 atom stereocenters. The number of sulfonamides is 1. The van der Waals surface area contributed by atoms with Crippen molar-refractivity contribution in [1.29, 1.82) is 0 Å². The Kier molecular flexibility index (Phi) is 7.19. The molecule has 1 fully saturated rings. The van der Waals surface area contributed by atoms with E-state index >= 15 is 0 Å². The van der Waals surface area contributed by atoms with Crippen molar-refractivity contribution in [3.05, 3.63) is 35.6 Å². The molecule has 0 unspecified atom stereocenters. The summed E-state index contributed by atoms with van der Waals surface area (Å²) in [7, 11) is -3.21. The minimum Gasteiger partial charge on any atom is -0.338 e. The molecule has 1 aliphatic rings. The van der Waals surface area contributed by atoms with E-state index in [2.05, 4.69) is 10.0 Å². The highest BCUT2D eigenvalue weighted by molar-refractivity contribution is 7.89. The number of hydrogen-bond acceptors (Lipinski definition) is 3. The van der Waals surface area contributed by atoms with E-state index in [-0.39, 0.29) is 23.6 Å². The highest BCUT2D eigenvalue weighted by Gasteiger charge is 2.25. The van der Waals surface area contributed by atoms with E-state index in [4.69, 9.17) is 0 Å². The number of benzene rings is 1. The summed E-state index contributed by atoms with van der Waals surface area (Å²) < 4.78 is 39.1. The quantitative estimate of drug-likeness (QED) is 0.768. The zero-order valence-electron chi connectivity index (χ0n) is 14.5. The molecular formula is C17H26FN3O3S. The van der Waals surface area contributed by atoms with Crippen LogP contribution in [0.25, 0.3) is 0 Å². The minimum absolute atomic E-state index is 0.0974. The van der Waals surface area contributed by atoms with Crippen LogP contribution < -0.4 is 10.0 Å². The van der Waals surface area contributed by atoms with Crippen molar-refractivity contribution in [1.82, 2.24) is 14.9 Å². The number of nitrogens with one attached hydrogen (secondary N) is 2. The first-order valence-corrected chi connectivity index (χ1v) is 10.3. The maximum Gasteiger partial charge on any atom is 0.317 e. The number of amides is 2. The maximum absolute atomic E-state index is 12.8. The zero-order valence-corrected chi connectivity index (χ0v) is 15.3. The van der Waals surface area contributed by atoms with E-state index in [1.165, 1.54) is 12.1 Å². The number of carbonyl (C=O) groups excluding carboxylic acids is 1. The molecule has 140 valence electrons. The third kappa shape index (κ3) is 6.62. The first kappa shape index (κ1) is 19.7. The number of likely N-dealkylation sites (tertiary alicyclic amines) is 1. The van der Waals surface area contributed by atoms with Gasteiger partial charge in [0.25, 0.3) is 0 Å². The number of carbonyl (C=O) groups is 1. The molecule has 2 amide bonds. The first-order valence-electron chi connectivity index (χ1n) is 8.67. The summed E-state index contributed by atoms with van der Waals surface area (Å²) in [6.45, 7) is 3.37. The molecule has 2 N–H and O–H groups in total. The lowest BCUT2D eigenvalue weighted by Gasteiger charge is -2.32. The van der Waals surface area contributed by atoms with Crippen LogP contribution in [0.5, 0.6) is 0 Å². The van der Waals surface area contributed by atoms with Crippen molar-refractivity contribution >= 4 is 16.1 Å². The molecule has 1 saturated heterocycles. The number of halogens is 1. The average molecular weight is 371 g/mol. The number of hydrogen-bond donors (Lipinski definition) is 2. The summed E-state index contributed by atoms with van der Waals surface area (Å²) >= 11 is 0. The van der Waals surface area contributed by atoms with Gasteiger partial charge in [-0.05, 0) is 43.4 Å². The summed E-state index contributed by atoms with van der Waals surface area (Å²) in [5.74, 6) is -0.137. The van der Waals surface area contributed by atoms with Crippen LogP contribution in [0.2, 0.25) is 0 Å². The second-order valence-corrected chi connectivity index (χ2v) is 8.18. The van der Waals surface area contributed by atoms with E-state index in [1.54, 1.807) is 17.0 Å². The Balaban J connectivity index is 1.69. The van der Waals surface area contributed by atoms with Crippen molar-refractivity contribution in [2.45, 2.75) is 38.6 Å². The SMILES string of the molecule is CCCS(=O)(=O)NC1CCN(C(=O)NCCc2ccc(F)cc2)CC1. The Bertz CT molecular complexity index is 656. The highest BCUT2D eigenvalue weighted by atomic mass is 32.2. The van der Waals surface area contributed by atoms with Crippen molar-refractivity contribution < 1.29 is 17.6 Å². The van der Waals surface area contributed by atoms with E-state index in [0.717, 1.165) is 5.56 Å². The van der Waals surface area contributed by atoms with Gasteiger partial charge in [0, 0.05) is 25.7 Å². The Labute approximate surface area is 148 Å². The number of rotatable bonds is 7. The zero-order chi connectivity index (χ0) is 18.3. The van der Waals surface area contributed by atoms with Crippen LogP contribution >= 0.6 is 0 Å². The summed E-state index contributed by atoms with van der Waals surface area (Å²) in [6, 6.07) is 5.98. The fourth-order valence-electron chi connectivity index (χ4n) is 2.86. The number of piperidine rings is 1. The minimum atomic E-state index is -3.21. The van der Waals surface area contributed by atoms with Crippen LogP contribution in [0.4, 0.5) is 9.18 Å². The fourth-order valence-corrected chi connectivity index (χ4v) is 4.26. The van der Waals surface area contributed by atoms with Gasteiger partial charge in [-0.25, -0.2) is 22.3 Å². The predicted molar refractivity (Wildman–Crippen MR) is 95.3 cm³/mol. The molecule has 0 saturated carbocycles. The van der Waals surface area contributed by atoms with Gasteiger partial charge in [-0.15, -0.1) is 0 Å². The summed E-state index contributed by atoms with van der Waals surface area (Å²) in [4.78, 5) is 13.9. The van der Waals surface area contributed by atoms with Crippen LogP contribution in [-0.4, -0.2) is 50.8 Å². The molecule has 8 heteroatoms. The van der Waals surface area contributed by atoms with Gasteiger partial charge in [0.05, 0.1) is 5.75 Å². The second kappa shape index (κ2) is 9.15. The number of nitrogens with zero attached hydrogens (tertiary/aromatic N) is 1. The molecule has 2 rings (SSSR count). The van der Waals surface area contributed by atoms with Crippen molar-refractivity contribution in [3.63, 3.8) is 0 Å².